The van der Waals surface area contributed by atoms with Crippen LogP contribution in [0.3, 0.4) is 0 Å². The van der Waals surface area contributed by atoms with Crippen LogP contribution >= 0.6 is 0 Å². The van der Waals surface area contributed by atoms with E-state index in [0.717, 1.165) is 0 Å². The molecule has 0 amide bonds. The van der Waals surface area contributed by atoms with E-state index in [1.807, 2.05) is 0 Å². The second kappa shape index (κ2) is 8.01. The van der Waals surface area contributed by atoms with Crippen molar-refractivity contribution in [1.29, 1.82) is 0 Å². The second-order valence-electron chi connectivity index (χ2n) is 5.90. The van der Waals surface area contributed by atoms with Crippen molar-refractivity contribution in [2.24, 2.45) is 0 Å². The number of hydrogen-bond acceptors (Lipinski definition) is 13. The second-order valence-corrected chi connectivity index (χ2v) is 5.90. The first-order valence-electron chi connectivity index (χ1n) is 7.42. The minimum absolute atomic E-state index is 0.747. The number of nitrogens with one attached hydrogen (secondary N) is 1. The lowest BCUT2D eigenvalue weighted by Gasteiger charge is -2.49. The average molecular weight is 373 g/mol. The maximum atomic E-state index is 10.00. The molecule has 0 bridgehead atoms. The first-order chi connectivity index (χ1) is 11.7. The van der Waals surface area contributed by atoms with Crippen LogP contribution < -0.4 is 5.48 Å². The lowest BCUT2D eigenvalue weighted by molar-refractivity contribution is -0.390. The number of rotatable bonds is 5. The highest BCUT2D eigenvalue weighted by Gasteiger charge is 2.56. The van der Waals surface area contributed by atoms with Crippen LogP contribution in [-0.4, -0.2) is 120 Å². The molecule has 0 aromatic carbocycles. The van der Waals surface area contributed by atoms with Crippen molar-refractivity contribution in [3.8, 4) is 0 Å². The minimum Gasteiger partial charge on any atom is -0.394 e. The molecule has 2 rings (SSSR count). The van der Waals surface area contributed by atoms with Gasteiger partial charge in [0, 0.05) is 0 Å². The van der Waals surface area contributed by atoms with Gasteiger partial charge in [-0.3, -0.25) is 0 Å². The van der Waals surface area contributed by atoms with Crippen LogP contribution in [0, 0.1) is 0 Å². The summed E-state index contributed by atoms with van der Waals surface area (Å²) in [6, 6.07) is 0. The zero-order chi connectivity index (χ0) is 18.9. The molecule has 0 radical (unpaired) electrons. The molecule has 10 N–H and O–H groups in total. The molecule has 2 aliphatic rings. The highest BCUT2D eigenvalue weighted by molar-refractivity contribution is 4.98. The van der Waals surface area contributed by atoms with Crippen molar-refractivity contribution in [1.82, 2.24) is 5.48 Å². The third kappa shape index (κ3) is 3.65. The Morgan fingerprint density at radius 2 is 1.56 bits per heavy atom. The third-order valence-corrected chi connectivity index (χ3v) is 4.31. The van der Waals surface area contributed by atoms with Gasteiger partial charge in [0.2, 0.25) is 0 Å². The van der Waals surface area contributed by atoms with Crippen molar-refractivity contribution < 1.29 is 60.3 Å². The molecule has 2 heterocycles. The molecule has 2 aliphatic heterocycles. The van der Waals surface area contributed by atoms with Gasteiger partial charge in [0.15, 0.2) is 18.3 Å². The molecule has 2 fully saturated rings. The topological polar surface area (TPSA) is 222 Å². The molecule has 25 heavy (non-hydrogen) atoms. The molecule has 0 spiro atoms. The van der Waals surface area contributed by atoms with Crippen LogP contribution in [0.1, 0.15) is 0 Å². The first kappa shape index (κ1) is 20.8. The van der Waals surface area contributed by atoms with Gasteiger partial charge in [-0.25, -0.2) is 0 Å². The van der Waals surface area contributed by atoms with Gasteiger partial charge in [-0.15, -0.1) is 0 Å². The Morgan fingerprint density at radius 3 is 2.08 bits per heavy atom. The minimum atomic E-state index is -2.31. The zero-order valence-corrected chi connectivity index (χ0v) is 12.9. The Hall–Kier alpha value is -0.520. The summed E-state index contributed by atoms with van der Waals surface area (Å²) in [7, 11) is 0. The van der Waals surface area contributed by atoms with Gasteiger partial charge in [0.25, 0.3) is 0 Å². The molecule has 0 aromatic rings. The Labute approximate surface area is 141 Å². The molecular formula is C12H23NO12. The molecule has 13 nitrogen and oxygen atoms in total. The first-order valence-corrected chi connectivity index (χ1v) is 7.42. The van der Waals surface area contributed by atoms with Gasteiger partial charge >= 0.3 is 0 Å². The Kier molecular flexibility index (Phi) is 6.66. The maximum Gasteiger partial charge on any atom is 0.195 e. The van der Waals surface area contributed by atoms with E-state index in [4.69, 9.17) is 19.4 Å². The molecular weight excluding hydrogens is 350 g/mol. The Bertz CT molecular complexity index is 434. The predicted octanol–water partition coefficient (Wildman–Crippen LogP) is -6.09. The number of hydroxylamine groups is 1. The monoisotopic (exact) mass is 373 g/mol. The van der Waals surface area contributed by atoms with Crippen LogP contribution in [0.2, 0.25) is 0 Å². The summed E-state index contributed by atoms with van der Waals surface area (Å²) in [5.74, 6) is 0. The molecule has 10 atom stereocenters. The number of hydrogen-bond donors (Lipinski definition) is 10. The van der Waals surface area contributed by atoms with Gasteiger partial charge in [0.05, 0.1) is 13.2 Å². The normalized spacial score (nSPS) is 51.5. The van der Waals surface area contributed by atoms with Crippen molar-refractivity contribution in [3.05, 3.63) is 0 Å². The molecule has 0 unspecified atom stereocenters. The summed E-state index contributed by atoms with van der Waals surface area (Å²) in [5, 5.41) is 86.5. The molecule has 0 aliphatic carbocycles. The quantitative estimate of drug-likeness (QED) is 0.203. The predicted molar refractivity (Wildman–Crippen MR) is 72.5 cm³/mol. The smallest absolute Gasteiger partial charge is 0.195 e. The van der Waals surface area contributed by atoms with E-state index in [0.29, 0.717) is 0 Å². The summed E-state index contributed by atoms with van der Waals surface area (Å²) in [6.45, 7) is -1.79. The molecule has 148 valence electrons. The van der Waals surface area contributed by atoms with E-state index in [-0.39, 0.29) is 0 Å². The lowest BCUT2D eigenvalue weighted by atomic mass is 9.94. The van der Waals surface area contributed by atoms with Crippen LogP contribution in [0.25, 0.3) is 0 Å². The number of aliphatic hydroxyl groups is 8. The van der Waals surface area contributed by atoms with Crippen molar-refractivity contribution in [3.63, 3.8) is 0 Å². The fourth-order valence-electron chi connectivity index (χ4n) is 2.73. The maximum absolute atomic E-state index is 10.00. The van der Waals surface area contributed by atoms with Gasteiger partial charge in [-0.1, -0.05) is 0 Å². The summed E-state index contributed by atoms with van der Waals surface area (Å²) < 4.78 is 15.2. The van der Waals surface area contributed by atoms with E-state index in [1.165, 1.54) is 5.48 Å². The number of aliphatic hydroxyl groups excluding tert-OH is 8. The molecule has 2 saturated heterocycles. The largest absolute Gasteiger partial charge is 0.394 e. The van der Waals surface area contributed by atoms with Crippen LogP contribution in [-0.2, 0) is 14.2 Å². The van der Waals surface area contributed by atoms with Crippen molar-refractivity contribution in [2.45, 2.75) is 61.0 Å². The summed E-state index contributed by atoms with van der Waals surface area (Å²) in [5.41, 5.74) is -0.827. The summed E-state index contributed by atoms with van der Waals surface area (Å²) >= 11 is 0. The standard InChI is InChI=1S/C12H23NO12/c14-1-3-8(4(16)6(18)10(21)23-3)24-11-7(19)5(17)9(20)12(2-15,13-22)25-11/h3-11,13-22H,1-2H2/t3-,4-,5-,6-,7-,8-,9-,10-,11+,12-/m1/s1. The van der Waals surface area contributed by atoms with Gasteiger partial charge in [-0.2, -0.15) is 5.48 Å². The van der Waals surface area contributed by atoms with Crippen LogP contribution in [0.15, 0.2) is 0 Å². The van der Waals surface area contributed by atoms with Crippen molar-refractivity contribution in [2.75, 3.05) is 13.2 Å². The Balaban J connectivity index is 2.21. The average Bonchev–Trinajstić information content (AvgIpc) is 2.62. The third-order valence-electron chi connectivity index (χ3n) is 4.31. The van der Waals surface area contributed by atoms with E-state index in [9.17, 15) is 40.9 Å². The molecule has 0 saturated carbocycles. The van der Waals surface area contributed by atoms with E-state index < -0.39 is 74.2 Å². The van der Waals surface area contributed by atoms with Gasteiger partial charge in [-0.05, 0) is 0 Å². The fraction of sp³-hybridized carbons (Fsp3) is 1.00. The molecule has 0 aromatic heterocycles. The van der Waals surface area contributed by atoms with Gasteiger partial charge in [0.1, 0.15) is 42.7 Å². The highest BCUT2D eigenvalue weighted by atomic mass is 16.7. The summed E-state index contributed by atoms with van der Waals surface area (Å²) in [4.78, 5) is 0. The Morgan fingerprint density at radius 1 is 0.920 bits per heavy atom. The highest BCUT2D eigenvalue weighted by Crippen LogP contribution is 2.31. The number of ether oxygens (including phenoxy) is 3. The van der Waals surface area contributed by atoms with E-state index in [1.54, 1.807) is 0 Å². The SMILES string of the molecule is OC[C@H]1O[C@@H](O)[C@H](O)[C@@H](O)[C@@H]1O[C@H]1O[C@@](CO)(NO)[C@H](O)[C@H](O)[C@H]1O. The zero-order valence-electron chi connectivity index (χ0n) is 12.9. The van der Waals surface area contributed by atoms with Crippen molar-refractivity contribution >= 4 is 0 Å². The summed E-state index contributed by atoms with van der Waals surface area (Å²) in [6.07, 6.45) is -15.8. The van der Waals surface area contributed by atoms with E-state index in [2.05, 4.69) is 0 Å². The molecule has 13 heteroatoms. The van der Waals surface area contributed by atoms with Gasteiger partial charge < -0.3 is 60.3 Å². The van der Waals surface area contributed by atoms with Crippen LogP contribution in [0.4, 0.5) is 0 Å². The fourth-order valence-corrected chi connectivity index (χ4v) is 2.73. The van der Waals surface area contributed by atoms with Crippen LogP contribution in [0.5, 0.6) is 0 Å². The van der Waals surface area contributed by atoms with E-state index >= 15 is 0 Å². The lowest BCUT2D eigenvalue weighted by Crippen LogP contribution is -2.72.